The number of aromatic nitrogens is 6. The van der Waals surface area contributed by atoms with Gasteiger partial charge in [-0.1, -0.05) is 6.07 Å². The van der Waals surface area contributed by atoms with Gasteiger partial charge in [-0.15, -0.1) is 11.3 Å². The molecule has 0 bridgehead atoms. The Bertz CT molecular complexity index is 1530. The van der Waals surface area contributed by atoms with Gasteiger partial charge in [0.2, 0.25) is 0 Å². The van der Waals surface area contributed by atoms with E-state index >= 15 is 0 Å². The van der Waals surface area contributed by atoms with Crippen molar-refractivity contribution in [3.8, 4) is 22.6 Å². The molecule has 1 fully saturated rings. The zero-order valence-electron chi connectivity index (χ0n) is 19.4. The summed E-state index contributed by atoms with van der Waals surface area (Å²) in [5.74, 6) is 0. The second-order valence-corrected chi connectivity index (χ2v) is 10.0. The van der Waals surface area contributed by atoms with Gasteiger partial charge in [0.25, 0.3) is 5.56 Å². The molecule has 0 aliphatic carbocycles. The third-order valence-corrected chi connectivity index (χ3v) is 7.35. The van der Waals surface area contributed by atoms with Crippen molar-refractivity contribution >= 4 is 27.2 Å². The first-order valence-electron chi connectivity index (χ1n) is 11.8. The largest absolute Gasteiger partial charge is 0.302 e. The molecule has 0 amide bonds. The highest BCUT2D eigenvalue weighted by atomic mass is 32.1. The zero-order valence-corrected chi connectivity index (χ0v) is 20.2. The van der Waals surface area contributed by atoms with Crippen LogP contribution in [-0.2, 0) is 6.54 Å². The zero-order chi connectivity index (χ0) is 23.2. The maximum absolute atomic E-state index is 13.4. The molecule has 9 heteroatoms. The summed E-state index contributed by atoms with van der Waals surface area (Å²) in [6.45, 7) is 7.99. The van der Waals surface area contributed by atoms with Gasteiger partial charge in [-0.05, 0) is 58.0 Å². The fraction of sp³-hybridized carbons (Fsp3) is 0.360. The third-order valence-electron chi connectivity index (χ3n) is 6.60. The predicted molar refractivity (Wildman–Crippen MR) is 135 cm³/mol. The summed E-state index contributed by atoms with van der Waals surface area (Å²) in [5, 5.41) is 7.41. The molecule has 1 saturated heterocycles. The number of thiazole rings is 1. The van der Waals surface area contributed by atoms with Gasteiger partial charge in [-0.3, -0.25) is 18.4 Å². The molecule has 0 N–H and O–H groups in total. The van der Waals surface area contributed by atoms with Gasteiger partial charge in [0, 0.05) is 42.5 Å². The number of hydrogen-bond donors (Lipinski definition) is 0. The van der Waals surface area contributed by atoms with E-state index in [1.165, 1.54) is 12.8 Å². The number of rotatable bonds is 6. The van der Waals surface area contributed by atoms with Crippen LogP contribution in [0.15, 0.2) is 53.2 Å². The molecule has 34 heavy (non-hydrogen) atoms. The minimum atomic E-state index is 0.00256. The molecule has 0 saturated carbocycles. The second kappa shape index (κ2) is 8.48. The Labute approximate surface area is 201 Å². The van der Waals surface area contributed by atoms with Crippen molar-refractivity contribution in [1.29, 1.82) is 0 Å². The molecule has 1 aromatic carbocycles. The first-order chi connectivity index (χ1) is 16.6. The van der Waals surface area contributed by atoms with Crippen LogP contribution >= 0.6 is 11.3 Å². The van der Waals surface area contributed by atoms with Crippen LogP contribution in [0.4, 0.5) is 0 Å². The van der Waals surface area contributed by atoms with E-state index in [0.717, 1.165) is 47.2 Å². The van der Waals surface area contributed by atoms with Gasteiger partial charge in [0.1, 0.15) is 11.4 Å². The lowest BCUT2D eigenvalue weighted by molar-refractivity contribution is 0.320. The lowest BCUT2D eigenvalue weighted by Crippen LogP contribution is -2.29. The molecule has 4 aromatic heterocycles. The number of nitrogens with zero attached hydrogens (tertiary/aromatic N) is 7. The van der Waals surface area contributed by atoms with Crippen molar-refractivity contribution < 1.29 is 0 Å². The average molecular weight is 474 g/mol. The van der Waals surface area contributed by atoms with Crippen LogP contribution in [0.25, 0.3) is 38.5 Å². The van der Waals surface area contributed by atoms with Crippen molar-refractivity contribution in [2.75, 3.05) is 19.6 Å². The molecular weight excluding hydrogens is 446 g/mol. The Morgan fingerprint density at radius 3 is 2.74 bits per heavy atom. The summed E-state index contributed by atoms with van der Waals surface area (Å²) in [7, 11) is 0. The molecule has 6 rings (SSSR count). The number of fused-ring (bicyclic) bond motifs is 2. The predicted octanol–water partition coefficient (Wildman–Crippen LogP) is 4.31. The molecule has 1 aliphatic rings. The quantitative estimate of drug-likeness (QED) is 0.367. The molecule has 5 aromatic rings. The first-order valence-corrected chi connectivity index (χ1v) is 12.7. The van der Waals surface area contributed by atoms with E-state index in [9.17, 15) is 4.79 Å². The fourth-order valence-corrected chi connectivity index (χ4v) is 5.43. The lowest BCUT2D eigenvalue weighted by atomic mass is 10.1. The van der Waals surface area contributed by atoms with Gasteiger partial charge in [-0.2, -0.15) is 5.10 Å². The topological polar surface area (TPSA) is 73.2 Å². The molecule has 0 unspecified atom stereocenters. The maximum atomic E-state index is 13.4. The minimum Gasteiger partial charge on any atom is -0.302 e. The SMILES string of the molecule is CC(C)n1ccc(-c2nc3sccn3c2-c2ccc3ncn(CCN4CCCC4)c(=O)c3c2)n1. The van der Waals surface area contributed by atoms with Crippen LogP contribution < -0.4 is 5.56 Å². The highest BCUT2D eigenvalue weighted by Gasteiger charge is 2.20. The van der Waals surface area contributed by atoms with Crippen LogP contribution in [-0.4, -0.2) is 53.3 Å². The van der Waals surface area contributed by atoms with Gasteiger partial charge in [-0.25, -0.2) is 9.97 Å². The van der Waals surface area contributed by atoms with E-state index in [4.69, 9.17) is 10.1 Å². The van der Waals surface area contributed by atoms with Crippen LogP contribution in [0, 0.1) is 0 Å². The van der Waals surface area contributed by atoms with Crippen LogP contribution in [0.3, 0.4) is 0 Å². The van der Waals surface area contributed by atoms with Gasteiger partial charge >= 0.3 is 0 Å². The normalized spacial score (nSPS) is 14.8. The van der Waals surface area contributed by atoms with Gasteiger partial charge in [0.15, 0.2) is 4.96 Å². The molecule has 0 spiro atoms. The summed E-state index contributed by atoms with van der Waals surface area (Å²) >= 11 is 1.59. The van der Waals surface area contributed by atoms with Gasteiger partial charge < -0.3 is 4.90 Å². The molecule has 174 valence electrons. The standard InChI is InChI=1S/C25H27N7OS/c1-17(2)32-10-7-21(28-32)22-23(31-13-14-34-25(31)27-22)18-5-6-20-19(15-18)24(33)30(16-26-20)12-11-29-8-3-4-9-29/h5-7,10,13-17H,3-4,8-9,11-12H2,1-2H3. The number of likely N-dealkylation sites (tertiary alicyclic amines) is 1. The molecule has 0 atom stereocenters. The summed E-state index contributed by atoms with van der Waals surface area (Å²) < 4.78 is 5.76. The summed E-state index contributed by atoms with van der Waals surface area (Å²) in [6, 6.07) is 8.18. The van der Waals surface area contributed by atoms with Crippen molar-refractivity contribution in [2.45, 2.75) is 39.3 Å². The van der Waals surface area contributed by atoms with Crippen molar-refractivity contribution in [2.24, 2.45) is 0 Å². The molecular formula is C25H27N7OS. The van der Waals surface area contributed by atoms with E-state index in [-0.39, 0.29) is 11.6 Å². The Balaban J connectivity index is 1.44. The Morgan fingerprint density at radius 2 is 1.94 bits per heavy atom. The van der Waals surface area contributed by atoms with Crippen LogP contribution in [0.5, 0.6) is 0 Å². The number of imidazole rings is 1. The summed E-state index contributed by atoms with van der Waals surface area (Å²) in [6.07, 6.45) is 8.18. The van der Waals surface area contributed by atoms with Crippen LogP contribution in [0.2, 0.25) is 0 Å². The molecule has 5 heterocycles. The molecule has 0 radical (unpaired) electrons. The summed E-state index contributed by atoms with van der Waals surface area (Å²) in [4.78, 5) is 26.1. The molecule has 1 aliphatic heterocycles. The Kier molecular flexibility index (Phi) is 5.30. The number of hydrogen-bond acceptors (Lipinski definition) is 6. The van der Waals surface area contributed by atoms with E-state index < -0.39 is 0 Å². The average Bonchev–Trinajstić information content (AvgIpc) is 3.63. The third kappa shape index (κ3) is 3.65. The highest BCUT2D eigenvalue weighted by molar-refractivity contribution is 7.15. The minimum absolute atomic E-state index is 0.00256. The summed E-state index contributed by atoms with van der Waals surface area (Å²) in [5.41, 5.74) is 4.24. The first kappa shape index (κ1) is 21.2. The number of benzene rings is 1. The maximum Gasteiger partial charge on any atom is 0.261 e. The highest BCUT2D eigenvalue weighted by Crippen LogP contribution is 2.34. The van der Waals surface area contributed by atoms with Gasteiger partial charge in [0.05, 0.1) is 22.9 Å². The van der Waals surface area contributed by atoms with Crippen molar-refractivity contribution in [1.82, 2.24) is 33.6 Å². The second-order valence-electron chi connectivity index (χ2n) is 9.16. The van der Waals surface area contributed by atoms with E-state index in [1.807, 2.05) is 46.7 Å². The van der Waals surface area contributed by atoms with E-state index in [0.29, 0.717) is 17.4 Å². The van der Waals surface area contributed by atoms with Crippen LogP contribution in [0.1, 0.15) is 32.7 Å². The van der Waals surface area contributed by atoms with E-state index in [2.05, 4.69) is 28.1 Å². The Morgan fingerprint density at radius 1 is 1.09 bits per heavy atom. The van der Waals surface area contributed by atoms with E-state index in [1.54, 1.807) is 22.2 Å². The molecule has 8 nitrogen and oxygen atoms in total. The monoisotopic (exact) mass is 473 g/mol. The van der Waals surface area contributed by atoms with Crippen molar-refractivity contribution in [3.05, 3.63) is 58.7 Å². The lowest BCUT2D eigenvalue weighted by Gasteiger charge is -2.15. The Hall–Kier alpha value is -3.30. The fourth-order valence-electron chi connectivity index (χ4n) is 4.71. The smallest absolute Gasteiger partial charge is 0.261 e. The van der Waals surface area contributed by atoms with Crippen molar-refractivity contribution in [3.63, 3.8) is 0 Å².